The number of hydrogen-bond acceptors (Lipinski definition) is 4. The molecule has 1 atom stereocenters. The first-order valence-electron chi connectivity index (χ1n) is 5.34. The molecule has 0 spiro atoms. The average molecular weight is 251 g/mol. The van der Waals surface area contributed by atoms with Gasteiger partial charge in [0.2, 0.25) is 15.9 Å². The van der Waals surface area contributed by atoms with Crippen molar-refractivity contribution >= 4 is 15.9 Å². The van der Waals surface area contributed by atoms with Crippen molar-refractivity contribution in [3.63, 3.8) is 0 Å². The van der Waals surface area contributed by atoms with E-state index in [1.54, 1.807) is 0 Å². The molecule has 0 aliphatic heterocycles. The van der Waals surface area contributed by atoms with Gasteiger partial charge in [-0.15, -0.1) is 0 Å². The molecule has 0 radical (unpaired) electrons. The van der Waals surface area contributed by atoms with Crippen LogP contribution in [0.25, 0.3) is 0 Å². The van der Waals surface area contributed by atoms with E-state index in [1.165, 1.54) is 6.92 Å². The number of sulfonamides is 1. The fourth-order valence-electron chi connectivity index (χ4n) is 1.18. The van der Waals surface area contributed by atoms with Crippen molar-refractivity contribution in [2.75, 3.05) is 25.4 Å². The van der Waals surface area contributed by atoms with E-state index in [0.29, 0.717) is 6.54 Å². The van der Waals surface area contributed by atoms with Gasteiger partial charge in [-0.1, -0.05) is 13.8 Å². The third-order valence-corrected chi connectivity index (χ3v) is 3.79. The highest BCUT2D eigenvalue weighted by atomic mass is 32.2. The lowest BCUT2D eigenvalue weighted by atomic mass is 10.4. The van der Waals surface area contributed by atoms with Gasteiger partial charge in [0.1, 0.15) is 0 Å². The number of hydrogen-bond donors (Lipinski definition) is 2. The van der Waals surface area contributed by atoms with E-state index in [-0.39, 0.29) is 5.75 Å². The summed E-state index contributed by atoms with van der Waals surface area (Å²) in [5.74, 6) is -0.696. The van der Waals surface area contributed by atoms with Gasteiger partial charge in [0.05, 0.1) is 11.8 Å². The average Bonchev–Trinajstić information content (AvgIpc) is 2.18. The highest BCUT2D eigenvalue weighted by molar-refractivity contribution is 7.89. The Morgan fingerprint density at radius 3 is 2.25 bits per heavy atom. The number of rotatable bonds is 8. The molecule has 6 nitrogen and oxygen atoms in total. The molecule has 3 N–H and O–H groups in total. The molecule has 0 rings (SSSR count). The van der Waals surface area contributed by atoms with Crippen molar-refractivity contribution in [3.05, 3.63) is 0 Å². The molecule has 1 unspecified atom stereocenters. The standard InChI is InChI=1S/C9H21N3O3S/c1-4-12(5-2)6-7-16(14,15)11-8(3)9(10)13/h8,11H,4-7H2,1-3H3,(H2,10,13). The number of nitrogens with two attached hydrogens (primary N) is 1. The van der Waals surface area contributed by atoms with Crippen LogP contribution in [-0.2, 0) is 14.8 Å². The van der Waals surface area contributed by atoms with Crippen LogP contribution in [0, 0.1) is 0 Å². The van der Waals surface area contributed by atoms with E-state index in [9.17, 15) is 13.2 Å². The Labute approximate surface area is 97.2 Å². The number of carbonyl (C=O) groups is 1. The lowest BCUT2D eigenvalue weighted by molar-refractivity contribution is -0.119. The summed E-state index contributed by atoms with van der Waals surface area (Å²) in [6.45, 7) is 7.42. The minimum absolute atomic E-state index is 0.0215. The highest BCUT2D eigenvalue weighted by Gasteiger charge is 2.18. The maximum atomic E-state index is 11.5. The van der Waals surface area contributed by atoms with Crippen LogP contribution in [0.5, 0.6) is 0 Å². The first-order valence-corrected chi connectivity index (χ1v) is 6.99. The van der Waals surface area contributed by atoms with Crippen LogP contribution < -0.4 is 10.5 Å². The molecular formula is C9H21N3O3S. The summed E-state index contributed by atoms with van der Waals surface area (Å²) in [4.78, 5) is 12.7. The van der Waals surface area contributed by atoms with E-state index in [2.05, 4.69) is 4.72 Å². The molecule has 0 heterocycles. The number of amides is 1. The fraction of sp³-hybridized carbons (Fsp3) is 0.889. The number of nitrogens with zero attached hydrogens (tertiary/aromatic N) is 1. The lowest BCUT2D eigenvalue weighted by Crippen LogP contribution is -2.44. The molecule has 16 heavy (non-hydrogen) atoms. The van der Waals surface area contributed by atoms with Crippen molar-refractivity contribution in [1.82, 2.24) is 9.62 Å². The molecule has 0 aromatic rings. The normalized spacial score (nSPS) is 14.0. The number of carbonyl (C=O) groups excluding carboxylic acids is 1. The third kappa shape index (κ3) is 6.04. The summed E-state index contributed by atoms with van der Waals surface area (Å²) in [6, 6.07) is -0.860. The largest absolute Gasteiger partial charge is 0.368 e. The van der Waals surface area contributed by atoms with Gasteiger partial charge in [-0.25, -0.2) is 13.1 Å². The minimum atomic E-state index is -3.43. The van der Waals surface area contributed by atoms with Crippen LogP contribution in [0.3, 0.4) is 0 Å². The van der Waals surface area contributed by atoms with E-state index in [1.807, 2.05) is 18.7 Å². The van der Waals surface area contributed by atoms with Gasteiger partial charge < -0.3 is 10.6 Å². The molecule has 0 aromatic carbocycles. The van der Waals surface area contributed by atoms with Crippen LogP contribution >= 0.6 is 0 Å². The van der Waals surface area contributed by atoms with Crippen molar-refractivity contribution in [2.45, 2.75) is 26.8 Å². The second kappa shape index (κ2) is 6.82. The Bertz CT molecular complexity index is 312. The predicted molar refractivity (Wildman–Crippen MR) is 63.4 cm³/mol. The smallest absolute Gasteiger partial charge is 0.235 e. The van der Waals surface area contributed by atoms with E-state index in [4.69, 9.17) is 5.73 Å². The molecule has 7 heteroatoms. The Morgan fingerprint density at radius 1 is 1.38 bits per heavy atom. The minimum Gasteiger partial charge on any atom is -0.368 e. The van der Waals surface area contributed by atoms with Crippen molar-refractivity contribution < 1.29 is 13.2 Å². The third-order valence-electron chi connectivity index (χ3n) is 2.35. The van der Waals surface area contributed by atoms with Crippen LogP contribution in [0.2, 0.25) is 0 Å². The molecule has 1 amide bonds. The van der Waals surface area contributed by atoms with Gasteiger partial charge in [-0.3, -0.25) is 4.79 Å². The van der Waals surface area contributed by atoms with Crippen LogP contribution in [-0.4, -0.2) is 50.7 Å². The maximum absolute atomic E-state index is 11.5. The molecule has 0 bridgehead atoms. The molecule has 0 aliphatic carbocycles. The lowest BCUT2D eigenvalue weighted by Gasteiger charge is -2.18. The summed E-state index contributed by atoms with van der Waals surface area (Å²) in [5, 5.41) is 0. The molecular weight excluding hydrogens is 230 g/mol. The Balaban J connectivity index is 4.20. The zero-order valence-corrected chi connectivity index (χ0v) is 10.9. The zero-order valence-electron chi connectivity index (χ0n) is 10.1. The predicted octanol–water partition coefficient (Wildman–Crippen LogP) is -0.879. The Hall–Kier alpha value is -0.660. The molecule has 96 valence electrons. The first kappa shape index (κ1) is 15.3. The summed E-state index contributed by atoms with van der Waals surface area (Å²) in [7, 11) is -3.43. The molecule has 0 aliphatic rings. The van der Waals surface area contributed by atoms with Gasteiger partial charge in [0, 0.05) is 6.54 Å². The van der Waals surface area contributed by atoms with Crippen LogP contribution in [0.4, 0.5) is 0 Å². The van der Waals surface area contributed by atoms with Crippen LogP contribution in [0.1, 0.15) is 20.8 Å². The SMILES string of the molecule is CCN(CC)CCS(=O)(=O)NC(C)C(N)=O. The molecule has 0 saturated heterocycles. The highest BCUT2D eigenvalue weighted by Crippen LogP contribution is 1.93. The Morgan fingerprint density at radius 2 is 1.88 bits per heavy atom. The molecule has 0 fully saturated rings. The summed E-state index contributed by atoms with van der Waals surface area (Å²) < 4.78 is 25.3. The fourth-order valence-corrected chi connectivity index (χ4v) is 2.45. The van der Waals surface area contributed by atoms with Crippen LogP contribution in [0.15, 0.2) is 0 Å². The number of primary amides is 1. The second-order valence-electron chi connectivity index (χ2n) is 3.59. The van der Waals surface area contributed by atoms with Gasteiger partial charge >= 0.3 is 0 Å². The van der Waals surface area contributed by atoms with Gasteiger partial charge in [-0.2, -0.15) is 0 Å². The summed E-state index contributed by atoms with van der Waals surface area (Å²) >= 11 is 0. The topological polar surface area (TPSA) is 92.5 Å². The van der Waals surface area contributed by atoms with Gasteiger partial charge in [0.15, 0.2) is 0 Å². The van der Waals surface area contributed by atoms with Crippen molar-refractivity contribution in [3.8, 4) is 0 Å². The summed E-state index contributed by atoms with van der Waals surface area (Å²) in [6.07, 6.45) is 0. The number of nitrogens with one attached hydrogen (secondary N) is 1. The molecule has 0 aromatic heterocycles. The van der Waals surface area contributed by atoms with Crippen molar-refractivity contribution in [2.24, 2.45) is 5.73 Å². The van der Waals surface area contributed by atoms with Gasteiger partial charge in [-0.05, 0) is 20.0 Å². The van der Waals surface area contributed by atoms with Gasteiger partial charge in [0.25, 0.3) is 0 Å². The first-order chi connectivity index (χ1) is 7.32. The Kier molecular flexibility index (Phi) is 6.54. The second-order valence-corrected chi connectivity index (χ2v) is 5.46. The maximum Gasteiger partial charge on any atom is 0.235 e. The zero-order chi connectivity index (χ0) is 12.8. The summed E-state index contributed by atoms with van der Waals surface area (Å²) in [5.41, 5.74) is 4.98. The molecule has 0 saturated carbocycles. The van der Waals surface area contributed by atoms with Crippen molar-refractivity contribution in [1.29, 1.82) is 0 Å². The quantitative estimate of drug-likeness (QED) is 0.586. The van der Waals surface area contributed by atoms with E-state index >= 15 is 0 Å². The van der Waals surface area contributed by atoms with E-state index < -0.39 is 22.0 Å². The van der Waals surface area contributed by atoms with E-state index in [0.717, 1.165) is 13.1 Å². The monoisotopic (exact) mass is 251 g/mol.